The molecule has 0 N–H and O–H groups in total. The fraction of sp³-hybridized carbons (Fsp3) is 0.250. The molecule has 4 heteroatoms. The molecule has 0 bridgehead atoms. The average Bonchev–Trinajstić information content (AvgIpc) is 1.96. The molecule has 12 heavy (non-hydrogen) atoms. The lowest BCUT2D eigenvalue weighted by molar-refractivity contribution is 0.335. The molecule has 0 aliphatic rings. The van der Waals surface area contributed by atoms with Gasteiger partial charge in [-0.1, -0.05) is 0 Å². The van der Waals surface area contributed by atoms with Crippen LogP contribution in [0.15, 0.2) is 16.6 Å². The molecule has 0 heterocycles. The largest absolute Gasteiger partial charge is 0.492 e. The highest BCUT2D eigenvalue weighted by Gasteiger charge is 2.06. The summed E-state index contributed by atoms with van der Waals surface area (Å²) in [6.07, 6.45) is 0. The van der Waals surface area contributed by atoms with Gasteiger partial charge >= 0.3 is 0 Å². The maximum Gasteiger partial charge on any atom is 0.146 e. The molecule has 0 unspecified atom stereocenters. The summed E-state index contributed by atoms with van der Waals surface area (Å²) in [6, 6.07) is 4.14. The molecule has 0 atom stereocenters. The van der Waals surface area contributed by atoms with Crippen LogP contribution < -0.4 is 4.74 Å². The Labute approximate surface area is 108 Å². The molecule has 1 rings (SSSR count). The summed E-state index contributed by atoms with van der Waals surface area (Å²) in [7, 11) is 0. The first-order chi connectivity index (χ1) is 5.65. The van der Waals surface area contributed by atoms with Crippen molar-refractivity contribution < 1.29 is 4.74 Å². The third kappa shape index (κ3) is 2.73. The van der Waals surface area contributed by atoms with Gasteiger partial charge in [0.1, 0.15) is 5.75 Å². The molecule has 0 spiro atoms. The van der Waals surface area contributed by atoms with E-state index in [4.69, 9.17) is 4.74 Å². The van der Waals surface area contributed by atoms with Crippen LogP contribution in [0.2, 0.25) is 0 Å². The summed E-state index contributed by atoms with van der Waals surface area (Å²) in [5.41, 5.74) is 0. The normalized spacial score (nSPS) is 10.0. The summed E-state index contributed by atoms with van der Waals surface area (Å²) >= 11 is 8.03. The second-order valence-corrected chi connectivity index (χ2v) is 5.39. The summed E-state index contributed by atoms with van der Waals surface area (Å²) in [5, 5.41) is 0. The van der Waals surface area contributed by atoms with E-state index in [9.17, 15) is 0 Å². The van der Waals surface area contributed by atoms with Crippen molar-refractivity contribution in [1.82, 2.24) is 0 Å². The van der Waals surface area contributed by atoms with Crippen molar-refractivity contribution in [3.8, 4) is 5.75 Å². The van der Waals surface area contributed by atoms with E-state index >= 15 is 0 Å². The molecule has 1 aromatic rings. The van der Waals surface area contributed by atoms with Gasteiger partial charge in [0.05, 0.1) is 14.6 Å². The van der Waals surface area contributed by atoms with Gasteiger partial charge in [-0.3, -0.25) is 0 Å². The van der Waals surface area contributed by atoms with Gasteiger partial charge in [0.15, 0.2) is 0 Å². The molecule has 0 saturated heterocycles. The second kappa shape index (κ2) is 4.99. The Bertz CT molecular complexity index is 265. The van der Waals surface area contributed by atoms with Gasteiger partial charge in [-0.25, -0.2) is 0 Å². The molecule has 0 amide bonds. The van der Waals surface area contributed by atoms with E-state index in [1.165, 1.54) is 3.57 Å². The average molecular weight is 453 g/mol. The van der Waals surface area contributed by atoms with Gasteiger partial charge in [0.2, 0.25) is 0 Å². The zero-order valence-electron chi connectivity index (χ0n) is 6.40. The van der Waals surface area contributed by atoms with E-state index < -0.39 is 0 Å². The van der Waals surface area contributed by atoms with Gasteiger partial charge in [0, 0.05) is 3.57 Å². The Kier molecular flexibility index (Phi) is 4.59. The predicted octanol–water partition coefficient (Wildman–Crippen LogP) is 4.06. The predicted molar refractivity (Wildman–Crippen MR) is 70.7 cm³/mol. The smallest absolute Gasteiger partial charge is 0.146 e. The first-order valence-electron chi connectivity index (χ1n) is 3.42. The van der Waals surface area contributed by atoms with Crippen molar-refractivity contribution in [3.05, 3.63) is 23.7 Å². The highest BCUT2D eigenvalue weighted by Crippen LogP contribution is 2.32. The maximum absolute atomic E-state index is 5.46. The Morgan fingerprint density at radius 2 is 2.08 bits per heavy atom. The molecule has 0 radical (unpaired) electrons. The molecule has 0 fully saturated rings. The zero-order valence-corrected chi connectivity index (χ0v) is 12.3. The van der Waals surface area contributed by atoms with Crippen LogP contribution in [-0.4, -0.2) is 6.61 Å². The quantitative estimate of drug-likeness (QED) is 0.615. The standard InChI is InChI=1S/C8H7BrI2O/c1-2-12-8-6(9)3-5(10)4-7(8)11/h3-4H,2H2,1H3. The number of hydrogen-bond donors (Lipinski definition) is 0. The molecular formula is C8H7BrI2O. The van der Waals surface area contributed by atoms with Gasteiger partial charge in [-0.15, -0.1) is 0 Å². The minimum absolute atomic E-state index is 0.704. The third-order valence-corrected chi connectivity index (χ3v) is 3.26. The van der Waals surface area contributed by atoms with Crippen molar-refractivity contribution >= 4 is 61.1 Å². The van der Waals surface area contributed by atoms with Gasteiger partial charge in [-0.05, 0) is 80.2 Å². The van der Waals surface area contributed by atoms with E-state index in [1.54, 1.807) is 0 Å². The third-order valence-electron chi connectivity index (χ3n) is 1.25. The molecule has 0 aromatic heterocycles. The first-order valence-corrected chi connectivity index (χ1v) is 6.37. The molecule has 0 saturated carbocycles. The van der Waals surface area contributed by atoms with Crippen molar-refractivity contribution in [1.29, 1.82) is 0 Å². The fourth-order valence-corrected chi connectivity index (χ4v) is 4.18. The minimum atomic E-state index is 0.704. The number of halogens is 3. The van der Waals surface area contributed by atoms with E-state index in [2.05, 4.69) is 67.2 Å². The van der Waals surface area contributed by atoms with Gasteiger partial charge in [0.25, 0.3) is 0 Å². The summed E-state index contributed by atoms with van der Waals surface area (Å²) in [5.74, 6) is 0.943. The lowest BCUT2D eigenvalue weighted by Gasteiger charge is -2.08. The second-order valence-electron chi connectivity index (χ2n) is 2.13. The van der Waals surface area contributed by atoms with Gasteiger partial charge < -0.3 is 4.74 Å². The van der Waals surface area contributed by atoms with Crippen LogP contribution in [0.25, 0.3) is 0 Å². The van der Waals surface area contributed by atoms with Crippen LogP contribution >= 0.6 is 61.1 Å². The lowest BCUT2D eigenvalue weighted by Crippen LogP contribution is -1.95. The van der Waals surface area contributed by atoms with E-state index in [0.717, 1.165) is 13.8 Å². The van der Waals surface area contributed by atoms with Crippen LogP contribution in [0, 0.1) is 7.14 Å². The van der Waals surface area contributed by atoms with E-state index in [-0.39, 0.29) is 0 Å². The van der Waals surface area contributed by atoms with Crippen molar-refractivity contribution in [2.75, 3.05) is 6.61 Å². The maximum atomic E-state index is 5.46. The Balaban J connectivity index is 3.10. The van der Waals surface area contributed by atoms with Crippen molar-refractivity contribution in [2.45, 2.75) is 6.92 Å². The number of rotatable bonds is 2. The highest BCUT2D eigenvalue weighted by atomic mass is 127. The molecule has 66 valence electrons. The van der Waals surface area contributed by atoms with Crippen molar-refractivity contribution in [3.63, 3.8) is 0 Å². The molecule has 1 aromatic carbocycles. The van der Waals surface area contributed by atoms with Crippen LogP contribution in [-0.2, 0) is 0 Å². The number of hydrogen-bond acceptors (Lipinski definition) is 1. The molecule has 0 aliphatic heterocycles. The Hall–Kier alpha value is 0.960. The zero-order chi connectivity index (χ0) is 9.14. The molecule has 1 nitrogen and oxygen atoms in total. The highest BCUT2D eigenvalue weighted by molar-refractivity contribution is 14.1. The summed E-state index contributed by atoms with van der Waals surface area (Å²) in [6.45, 7) is 2.69. The SMILES string of the molecule is CCOc1c(Br)cc(I)cc1I. The lowest BCUT2D eigenvalue weighted by atomic mass is 10.3. The summed E-state index contributed by atoms with van der Waals surface area (Å²) in [4.78, 5) is 0. The fourth-order valence-electron chi connectivity index (χ4n) is 0.811. The number of benzene rings is 1. The first kappa shape index (κ1) is 11.0. The minimum Gasteiger partial charge on any atom is -0.492 e. The van der Waals surface area contributed by atoms with E-state index in [0.29, 0.717) is 6.61 Å². The van der Waals surface area contributed by atoms with Crippen LogP contribution in [0.3, 0.4) is 0 Å². The Morgan fingerprint density at radius 3 is 2.58 bits per heavy atom. The monoisotopic (exact) mass is 452 g/mol. The summed E-state index contributed by atoms with van der Waals surface area (Å²) < 4.78 is 8.85. The van der Waals surface area contributed by atoms with Crippen LogP contribution in [0.5, 0.6) is 5.75 Å². The van der Waals surface area contributed by atoms with E-state index in [1.807, 2.05) is 13.0 Å². The molecule has 0 aliphatic carbocycles. The van der Waals surface area contributed by atoms with Crippen molar-refractivity contribution in [2.24, 2.45) is 0 Å². The molecular weight excluding hydrogens is 446 g/mol. The van der Waals surface area contributed by atoms with Gasteiger partial charge in [-0.2, -0.15) is 0 Å². The van der Waals surface area contributed by atoms with Crippen LogP contribution in [0.4, 0.5) is 0 Å². The Morgan fingerprint density at radius 1 is 1.42 bits per heavy atom. The van der Waals surface area contributed by atoms with Crippen LogP contribution in [0.1, 0.15) is 6.92 Å². The topological polar surface area (TPSA) is 9.23 Å². The number of ether oxygens (including phenoxy) is 1.